The lowest BCUT2D eigenvalue weighted by atomic mass is 10.1. The predicted octanol–water partition coefficient (Wildman–Crippen LogP) is 4.99. The first kappa shape index (κ1) is 21.9. The zero-order valence-corrected chi connectivity index (χ0v) is 19.0. The molecule has 32 heavy (non-hydrogen) atoms. The van der Waals surface area contributed by atoms with Crippen LogP contribution in [0, 0.1) is 6.92 Å². The third-order valence-electron chi connectivity index (χ3n) is 5.07. The molecule has 1 saturated heterocycles. The Morgan fingerprint density at radius 1 is 1.12 bits per heavy atom. The highest BCUT2D eigenvalue weighted by Crippen LogP contribution is 2.34. The Labute approximate surface area is 190 Å². The molecule has 1 aliphatic heterocycles. The fraction of sp³-hybridized carbons (Fsp3) is 0.240. The van der Waals surface area contributed by atoms with E-state index >= 15 is 0 Å². The Bertz CT molecular complexity index is 1240. The molecule has 0 bridgehead atoms. The number of hydrogen-bond donors (Lipinski definition) is 0. The van der Waals surface area contributed by atoms with Gasteiger partial charge in [-0.3, -0.25) is 19.3 Å². The lowest BCUT2D eigenvalue weighted by Crippen LogP contribution is -2.35. The summed E-state index contributed by atoms with van der Waals surface area (Å²) in [5.41, 5.74) is 4.27. The first-order valence-electron chi connectivity index (χ1n) is 10.4. The zero-order chi connectivity index (χ0) is 22.8. The molecule has 0 N–H and O–H groups in total. The maximum atomic E-state index is 12.8. The van der Waals surface area contributed by atoms with E-state index in [0.29, 0.717) is 11.4 Å². The molecule has 7 heteroatoms. The van der Waals surface area contributed by atoms with Gasteiger partial charge in [0.05, 0.1) is 11.0 Å². The van der Waals surface area contributed by atoms with Gasteiger partial charge in [-0.05, 0) is 50.2 Å². The number of carbonyl (C=O) groups excluding carboxylic acids is 3. The highest BCUT2D eigenvalue weighted by atomic mass is 32.2. The smallest absolute Gasteiger partial charge is 0.326 e. The third-order valence-corrected chi connectivity index (χ3v) is 5.98. The topological polar surface area (TPSA) is 68.6 Å². The van der Waals surface area contributed by atoms with Gasteiger partial charge in [0.1, 0.15) is 6.54 Å². The Balaban J connectivity index is 1.63. The van der Waals surface area contributed by atoms with Crippen molar-refractivity contribution in [3.8, 4) is 0 Å². The van der Waals surface area contributed by atoms with E-state index in [9.17, 15) is 14.4 Å². The Morgan fingerprint density at radius 3 is 2.66 bits per heavy atom. The minimum atomic E-state index is -0.599. The molecule has 0 saturated carbocycles. The Morgan fingerprint density at radius 2 is 1.91 bits per heavy atom. The van der Waals surface area contributed by atoms with Gasteiger partial charge in [-0.1, -0.05) is 48.0 Å². The summed E-state index contributed by atoms with van der Waals surface area (Å²) in [6, 6.07) is 16.3. The van der Waals surface area contributed by atoms with Crippen LogP contribution in [0.15, 0.2) is 59.6 Å². The van der Waals surface area contributed by atoms with Gasteiger partial charge >= 0.3 is 5.97 Å². The molecule has 0 unspecified atom stereocenters. The average molecular weight is 449 g/mol. The van der Waals surface area contributed by atoms with E-state index < -0.39 is 17.1 Å². The second-order valence-corrected chi connectivity index (χ2v) is 9.02. The largest absolute Gasteiger partial charge is 0.462 e. The van der Waals surface area contributed by atoms with Gasteiger partial charge in [0.2, 0.25) is 0 Å². The highest BCUT2D eigenvalue weighted by molar-refractivity contribution is 8.18. The molecule has 1 fully saturated rings. The SMILES string of the molecule is Cc1cccc(Cn2cc(/C=C3/SC(=O)N(CC(=O)OC(C)C)C3=O)c3ccccc32)c1. The molecule has 0 atom stereocenters. The number of benzene rings is 2. The molecule has 1 aromatic heterocycles. The van der Waals surface area contributed by atoms with Crippen LogP contribution in [-0.2, 0) is 20.9 Å². The Kier molecular flexibility index (Phi) is 6.19. The van der Waals surface area contributed by atoms with Crippen molar-refractivity contribution in [1.82, 2.24) is 9.47 Å². The van der Waals surface area contributed by atoms with Crippen molar-refractivity contribution in [2.24, 2.45) is 0 Å². The summed E-state index contributed by atoms with van der Waals surface area (Å²) >= 11 is 0.843. The van der Waals surface area contributed by atoms with E-state index in [1.165, 1.54) is 11.1 Å². The van der Waals surface area contributed by atoms with Crippen LogP contribution < -0.4 is 0 Å². The molecule has 0 spiro atoms. The number of nitrogens with zero attached hydrogens (tertiary/aromatic N) is 2. The molecule has 0 aliphatic carbocycles. The lowest BCUT2D eigenvalue weighted by molar-refractivity contribution is -0.149. The van der Waals surface area contributed by atoms with Gasteiger partial charge in [0.15, 0.2) is 0 Å². The average Bonchev–Trinajstić information content (AvgIpc) is 3.20. The summed E-state index contributed by atoms with van der Waals surface area (Å²) in [6.45, 7) is 5.82. The maximum Gasteiger partial charge on any atom is 0.326 e. The summed E-state index contributed by atoms with van der Waals surface area (Å²) in [4.78, 5) is 38.4. The number of thioether (sulfide) groups is 1. The summed E-state index contributed by atoms with van der Waals surface area (Å²) < 4.78 is 7.21. The van der Waals surface area contributed by atoms with E-state index in [-0.39, 0.29) is 12.6 Å². The molecule has 1 aliphatic rings. The van der Waals surface area contributed by atoms with Crippen LogP contribution in [0.3, 0.4) is 0 Å². The molecular weight excluding hydrogens is 424 g/mol. The number of fused-ring (bicyclic) bond motifs is 1. The van der Waals surface area contributed by atoms with Crippen LogP contribution in [0.25, 0.3) is 17.0 Å². The fourth-order valence-corrected chi connectivity index (χ4v) is 4.56. The van der Waals surface area contributed by atoms with E-state index in [1.807, 2.05) is 36.5 Å². The van der Waals surface area contributed by atoms with Gasteiger partial charge in [-0.2, -0.15) is 0 Å². The zero-order valence-electron chi connectivity index (χ0n) is 18.2. The molecule has 3 aromatic rings. The maximum absolute atomic E-state index is 12.8. The number of hydrogen-bond acceptors (Lipinski definition) is 5. The molecular formula is C25H24N2O4S. The summed E-state index contributed by atoms with van der Waals surface area (Å²) in [7, 11) is 0. The minimum absolute atomic E-state index is 0.297. The van der Waals surface area contributed by atoms with Crippen LogP contribution >= 0.6 is 11.8 Å². The van der Waals surface area contributed by atoms with E-state index in [2.05, 4.69) is 29.7 Å². The first-order valence-corrected chi connectivity index (χ1v) is 11.2. The number of ether oxygens (including phenoxy) is 1. The van der Waals surface area contributed by atoms with Crippen LogP contribution in [0.5, 0.6) is 0 Å². The van der Waals surface area contributed by atoms with Crippen molar-refractivity contribution in [2.75, 3.05) is 6.54 Å². The summed E-state index contributed by atoms with van der Waals surface area (Å²) in [5, 5.41) is 0.525. The van der Waals surface area contributed by atoms with Crippen molar-refractivity contribution >= 4 is 45.9 Å². The van der Waals surface area contributed by atoms with Crippen LogP contribution in [0.2, 0.25) is 0 Å². The second kappa shape index (κ2) is 9.04. The first-order chi connectivity index (χ1) is 15.3. The van der Waals surface area contributed by atoms with Gasteiger partial charge in [0, 0.05) is 29.2 Å². The number of esters is 1. The molecule has 164 valence electrons. The van der Waals surface area contributed by atoms with Crippen LogP contribution in [-0.4, -0.2) is 39.2 Å². The number of para-hydroxylation sites is 1. The third kappa shape index (κ3) is 4.62. The van der Waals surface area contributed by atoms with Crippen LogP contribution in [0.1, 0.15) is 30.5 Å². The highest BCUT2D eigenvalue weighted by Gasteiger charge is 2.37. The van der Waals surface area contributed by atoms with Crippen molar-refractivity contribution < 1.29 is 19.1 Å². The van der Waals surface area contributed by atoms with Crippen molar-refractivity contribution in [3.63, 3.8) is 0 Å². The molecule has 0 radical (unpaired) electrons. The molecule has 2 amide bonds. The quantitative estimate of drug-likeness (QED) is 0.393. The molecule has 6 nitrogen and oxygen atoms in total. The van der Waals surface area contributed by atoms with Crippen molar-refractivity contribution in [1.29, 1.82) is 0 Å². The lowest BCUT2D eigenvalue weighted by Gasteiger charge is -2.13. The number of imide groups is 1. The number of aryl methyl sites for hydroxylation is 1. The molecule has 2 heterocycles. The van der Waals surface area contributed by atoms with Crippen molar-refractivity contribution in [3.05, 3.63) is 76.3 Å². The van der Waals surface area contributed by atoms with Gasteiger partial charge in [-0.15, -0.1) is 0 Å². The van der Waals surface area contributed by atoms with E-state index in [1.54, 1.807) is 19.9 Å². The monoisotopic (exact) mass is 448 g/mol. The standard InChI is InChI=1S/C25H24N2O4S/c1-16(2)31-23(28)15-27-24(29)22(32-25(27)30)12-19-14-26(21-10-5-4-9-20(19)21)13-18-8-6-7-17(3)11-18/h4-12,14,16H,13,15H2,1-3H3/b22-12+. The van der Waals surface area contributed by atoms with Crippen molar-refractivity contribution in [2.45, 2.75) is 33.4 Å². The normalized spacial score (nSPS) is 15.4. The predicted molar refractivity (Wildman–Crippen MR) is 126 cm³/mol. The number of rotatable bonds is 6. The summed E-state index contributed by atoms with van der Waals surface area (Å²) in [6.07, 6.45) is 3.42. The van der Waals surface area contributed by atoms with Gasteiger partial charge < -0.3 is 9.30 Å². The second-order valence-electron chi connectivity index (χ2n) is 8.03. The number of carbonyl (C=O) groups is 3. The van der Waals surface area contributed by atoms with Gasteiger partial charge in [0.25, 0.3) is 11.1 Å². The Hall–Kier alpha value is -3.32. The van der Waals surface area contributed by atoms with Crippen LogP contribution in [0.4, 0.5) is 4.79 Å². The summed E-state index contributed by atoms with van der Waals surface area (Å²) in [5.74, 6) is -1.07. The van der Waals surface area contributed by atoms with E-state index in [0.717, 1.165) is 33.1 Å². The minimum Gasteiger partial charge on any atom is -0.462 e. The van der Waals surface area contributed by atoms with Gasteiger partial charge in [-0.25, -0.2) is 0 Å². The fourth-order valence-electron chi connectivity index (χ4n) is 3.73. The molecule has 4 rings (SSSR count). The molecule has 2 aromatic carbocycles. The van der Waals surface area contributed by atoms with E-state index in [4.69, 9.17) is 4.74 Å². The number of aromatic nitrogens is 1. The number of amides is 2.